The van der Waals surface area contributed by atoms with E-state index in [0.717, 1.165) is 0 Å². The van der Waals surface area contributed by atoms with Crippen LogP contribution in [0.15, 0.2) is 5.11 Å². The summed E-state index contributed by atoms with van der Waals surface area (Å²) in [7, 11) is 0. The average molecular weight is 203 g/mol. The fraction of sp³-hybridized carbons (Fsp3) is 1.00. The van der Waals surface area contributed by atoms with Crippen LogP contribution in [0.1, 0.15) is 6.42 Å². The summed E-state index contributed by atoms with van der Waals surface area (Å²) in [6.45, 7) is 0.168. The number of hydrogen-bond acceptors (Lipinski definition) is 5. The van der Waals surface area contributed by atoms with Gasteiger partial charge in [0.1, 0.15) is 6.10 Å². The summed E-state index contributed by atoms with van der Waals surface area (Å²) < 4.78 is 4.69. The van der Waals surface area contributed by atoms with Gasteiger partial charge in [-0.3, -0.25) is 0 Å². The van der Waals surface area contributed by atoms with Crippen LogP contribution in [0, 0.1) is 5.92 Å². The molecule has 0 amide bonds. The van der Waals surface area contributed by atoms with E-state index in [2.05, 4.69) is 10.0 Å². The van der Waals surface area contributed by atoms with Gasteiger partial charge in [0.05, 0.1) is 12.7 Å². The number of nitrogens with zero attached hydrogens (tertiary/aromatic N) is 3. The third-order valence-electron chi connectivity index (χ3n) is 2.29. The zero-order valence-corrected chi connectivity index (χ0v) is 7.52. The van der Waals surface area contributed by atoms with E-state index in [0.29, 0.717) is 6.42 Å². The van der Waals surface area contributed by atoms with Crippen LogP contribution in [0.3, 0.4) is 0 Å². The van der Waals surface area contributed by atoms with Gasteiger partial charge in [0.25, 0.3) is 0 Å². The largest absolute Gasteiger partial charge is 0.390 e. The van der Waals surface area contributed by atoms with Gasteiger partial charge in [0.2, 0.25) is 0 Å². The number of hydrogen-bond donors (Lipinski definition) is 3. The molecule has 0 bridgehead atoms. The standard InChI is InChI=1S/C7H13N3O4/c8-10-9-2-1-4-5(11)3-14-7(13)6(4)12/h4-7,11-13H,1-3H2/t4-,5+,6-,7?/m0/s1. The van der Waals surface area contributed by atoms with E-state index in [1.807, 2.05) is 0 Å². The van der Waals surface area contributed by atoms with Crippen molar-refractivity contribution in [1.29, 1.82) is 0 Å². The lowest BCUT2D eigenvalue weighted by Crippen LogP contribution is -2.49. The monoisotopic (exact) mass is 203 g/mol. The summed E-state index contributed by atoms with van der Waals surface area (Å²) in [6, 6.07) is 0. The zero-order chi connectivity index (χ0) is 10.6. The molecule has 1 saturated heterocycles. The summed E-state index contributed by atoms with van der Waals surface area (Å²) in [5, 5.41) is 31.3. The van der Waals surface area contributed by atoms with Gasteiger partial charge in [-0.05, 0) is 12.0 Å². The Labute approximate surface area is 80.6 Å². The van der Waals surface area contributed by atoms with Crippen LogP contribution in [0.25, 0.3) is 10.4 Å². The van der Waals surface area contributed by atoms with Crippen LogP contribution in [0.5, 0.6) is 0 Å². The Bertz CT molecular complexity index is 231. The van der Waals surface area contributed by atoms with Crippen molar-refractivity contribution in [2.75, 3.05) is 13.2 Å². The first-order chi connectivity index (χ1) is 6.66. The molecule has 0 aromatic carbocycles. The predicted octanol–water partition coefficient (Wildman–Crippen LogP) is -0.627. The Hall–Kier alpha value is -0.850. The normalized spacial score (nSPS) is 37.6. The Balaban J connectivity index is 2.49. The molecule has 7 heteroatoms. The van der Waals surface area contributed by atoms with Crippen LogP contribution in [0.4, 0.5) is 0 Å². The molecular formula is C7H13N3O4. The second-order valence-electron chi connectivity index (χ2n) is 3.19. The SMILES string of the molecule is [N-]=[N+]=NCC[C@H]1[C@H](O)COC(O)[C@H]1O. The van der Waals surface area contributed by atoms with E-state index in [9.17, 15) is 10.2 Å². The molecule has 0 radical (unpaired) electrons. The minimum atomic E-state index is -1.27. The highest BCUT2D eigenvalue weighted by Crippen LogP contribution is 2.23. The van der Waals surface area contributed by atoms with Crippen molar-refractivity contribution in [2.45, 2.75) is 24.9 Å². The van der Waals surface area contributed by atoms with Crippen molar-refractivity contribution in [1.82, 2.24) is 0 Å². The van der Waals surface area contributed by atoms with Crippen molar-refractivity contribution in [3.05, 3.63) is 10.4 Å². The first-order valence-corrected chi connectivity index (χ1v) is 4.33. The molecule has 1 heterocycles. The molecule has 7 nitrogen and oxygen atoms in total. The van der Waals surface area contributed by atoms with Crippen LogP contribution >= 0.6 is 0 Å². The van der Waals surface area contributed by atoms with Crippen molar-refractivity contribution in [2.24, 2.45) is 11.0 Å². The first-order valence-electron chi connectivity index (χ1n) is 4.33. The van der Waals surface area contributed by atoms with Gasteiger partial charge in [-0.25, -0.2) is 0 Å². The Morgan fingerprint density at radius 1 is 1.43 bits per heavy atom. The second-order valence-corrected chi connectivity index (χ2v) is 3.19. The molecular weight excluding hydrogens is 190 g/mol. The van der Waals surface area contributed by atoms with Gasteiger partial charge in [-0.2, -0.15) is 0 Å². The molecule has 1 rings (SSSR count). The van der Waals surface area contributed by atoms with E-state index in [1.54, 1.807) is 0 Å². The number of aliphatic hydroxyl groups is 3. The van der Waals surface area contributed by atoms with E-state index in [-0.39, 0.29) is 13.2 Å². The molecule has 3 N–H and O–H groups in total. The molecule has 14 heavy (non-hydrogen) atoms. The van der Waals surface area contributed by atoms with Gasteiger partial charge in [-0.15, -0.1) is 0 Å². The van der Waals surface area contributed by atoms with Gasteiger partial charge in [-0.1, -0.05) is 5.11 Å². The lowest BCUT2D eigenvalue weighted by Gasteiger charge is -2.35. The molecule has 0 aliphatic carbocycles. The van der Waals surface area contributed by atoms with Crippen LogP contribution < -0.4 is 0 Å². The van der Waals surface area contributed by atoms with E-state index >= 15 is 0 Å². The molecule has 1 aliphatic heterocycles. The molecule has 0 aromatic rings. The Morgan fingerprint density at radius 2 is 2.14 bits per heavy atom. The first kappa shape index (κ1) is 11.2. The van der Waals surface area contributed by atoms with Crippen molar-refractivity contribution in [3.63, 3.8) is 0 Å². The minimum absolute atomic E-state index is 0.0147. The maximum atomic E-state index is 9.44. The highest BCUT2D eigenvalue weighted by Gasteiger charge is 2.36. The maximum Gasteiger partial charge on any atom is 0.181 e. The molecule has 1 fully saturated rings. The molecule has 1 unspecified atom stereocenters. The van der Waals surface area contributed by atoms with Gasteiger partial charge >= 0.3 is 0 Å². The number of rotatable bonds is 3. The minimum Gasteiger partial charge on any atom is -0.390 e. The van der Waals surface area contributed by atoms with E-state index in [1.165, 1.54) is 0 Å². The summed E-state index contributed by atoms with van der Waals surface area (Å²) in [5.74, 6) is -0.510. The highest BCUT2D eigenvalue weighted by atomic mass is 16.6. The topological polar surface area (TPSA) is 119 Å². The maximum absolute atomic E-state index is 9.44. The van der Waals surface area contributed by atoms with Crippen LogP contribution in [-0.4, -0.2) is 47.0 Å². The third-order valence-corrected chi connectivity index (χ3v) is 2.29. The van der Waals surface area contributed by atoms with Crippen molar-refractivity contribution < 1.29 is 20.1 Å². The Morgan fingerprint density at radius 3 is 2.79 bits per heavy atom. The van der Waals surface area contributed by atoms with Crippen LogP contribution in [0.2, 0.25) is 0 Å². The predicted molar refractivity (Wildman–Crippen MR) is 46.1 cm³/mol. The summed E-state index contributed by atoms with van der Waals surface area (Å²) >= 11 is 0. The van der Waals surface area contributed by atoms with Gasteiger partial charge in [0.15, 0.2) is 6.29 Å². The lowest BCUT2D eigenvalue weighted by molar-refractivity contribution is -0.236. The summed E-state index contributed by atoms with van der Waals surface area (Å²) in [4.78, 5) is 2.56. The number of ether oxygens (including phenoxy) is 1. The average Bonchev–Trinajstić information content (AvgIpc) is 2.18. The molecule has 0 aromatic heterocycles. The van der Waals surface area contributed by atoms with Crippen LogP contribution in [-0.2, 0) is 4.74 Å². The quantitative estimate of drug-likeness (QED) is 0.321. The number of aliphatic hydroxyl groups excluding tert-OH is 3. The van der Waals surface area contributed by atoms with Crippen molar-refractivity contribution >= 4 is 0 Å². The van der Waals surface area contributed by atoms with Crippen molar-refractivity contribution in [3.8, 4) is 0 Å². The summed E-state index contributed by atoms with van der Waals surface area (Å²) in [6.07, 6.45) is -2.91. The molecule has 1 aliphatic rings. The lowest BCUT2D eigenvalue weighted by atomic mass is 9.90. The van der Waals surface area contributed by atoms with Gasteiger partial charge < -0.3 is 20.1 Å². The Kier molecular flexibility index (Phi) is 4.12. The zero-order valence-electron chi connectivity index (χ0n) is 7.52. The summed E-state index contributed by atoms with van der Waals surface area (Å²) in [5.41, 5.74) is 8.04. The fourth-order valence-corrected chi connectivity index (χ4v) is 1.47. The second kappa shape index (κ2) is 5.14. The van der Waals surface area contributed by atoms with E-state index in [4.69, 9.17) is 15.4 Å². The molecule has 4 atom stereocenters. The number of azide groups is 1. The molecule has 80 valence electrons. The van der Waals surface area contributed by atoms with E-state index < -0.39 is 24.4 Å². The molecule has 0 spiro atoms. The smallest absolute Gasteiger partial charge is 0.181 e. The molecule has 0 saturated carbocycles. The van der Waals surface area contributed by atoms with Gasteiger partial charge in [0, 0.05) is 17.4 Å². The highest BCUT2D eigenvalue weighted by molar-refractivity contribution is 4.82. The fourth-order valence-electron chi connectivity index (χ4n) is 1.47. The third kappa shape index (κ3) is 2.57.